The van der Waals surface area contributed by atoms with Gasteiger partial charge in [0, 0.05) is 19.3 Å². The summed E-state index contributed by atoms with van der Waals surface area (Å²) < 4.78 is 12.7. The van der Waals surface area contributed by atoms with E-state index in [4.69, 9.17) is 0 Å². The summed E-state index contributed by atoms with van der Waals surface area (Å²) in [5, 5.41) is 8.41. The number of carbonyl (C=O) groups excluding carboxylic acids is 1. The van der Waals surface area contributed by atoms with Gasteiger partial charge in [0.2, 0.25) is 5.91 Å². The van der Waals surface area contributed by atoms with Crippen molar-refractivity contribution in [3.63, 3.8) is 0 Å². The molecular formula is C13H17FN4O. The highest BCUT2D eigenvalue weighted by Gasteiger charge is 2.03. The molecule has 0 aliphatic rings. The van der Waals surface area contributed by atoms with Crippen LogP contribution in [0.15, 0.2) is 41.9 Å². The van der Waals surface area contributed by atoms with Gasteiger partial charge >= 0.3 is 0 Å². The number of hydrogen-bond donors (Lipinski definition) is 3. The SMILES string of the molecule is C=CCNC(=NC)NCC(=O)Nc1ccc(F)cc1. The third kappa shape index (κ3) is 5.67. The molecule has 0 atom stereocenters. The van der Waals surface area contributed by atoms with E-state index in [-0.39, 0.29) is 18.3 Å². The summed E-state index contributed by atoms with van der Waals surface area (Å²) in [4.78, 5) is 15.6. The molecule has 0 saturated heterocycles. The molecule has 3 N–H and O–H groups in total. The van der Waals surface area contributed by atoms with Gasteiger partial charge in [-0.05, 0) is 24.3 Å². The minimum Gasteiger partial charge on any atom is -0.353 e. The Morgan fingerprint density at radius 3 is 2.63 bits per heavy atom. The van der Waals surface area contributed by atoms with E-state index in [1.165, 1.54) is 24.3 Å². The van der Waals surface area contributed by atoms with E-state index in [9.17, 15) is 9.18 Å². The lowest BCUT2D eigenvalue weighted by atomic mass is 10.3. The lowest BCUT2D eigenvalue weighted by molar-refractivity contribution is -0.115. The monoisotopic (exact) mass is 264 g/mol. The number of halogens is 1. The number of rotatable bonds is 5. The van der Waals surface area contributed by atoms with Crippen LogP contribution in [0.3, 0.4) is 0 Å². The number of anilines is 1. The summed E-state index contributed by atoms with van der Waals surface area (Å²) in [6.07, 6.45) is 1.69. The highest BCUT2D eigenvalue weighted by atomic mass is 19.1. The van der Waals surface area contributed by atoms with Crippen LogP contribution >= 0.6 is 0 Å². The Morgan fingerprint density at radius 2 is 2.05 bits per heavy atom. The number of aliphatic imine (C=N–C) groups is 1. The predicted molar refractivity (Wildman–Crippen MR) is 74.6 cm³/mol. The molecule has 1 amide bonds. The number of amides is 1. The normalized spacial score (nSPS) is 10.7. The number of hydrogen-bond acceptors (Lipinski definition) is 2. The van der Waals surface area contributed by atoms with Crippen LogP contribution < -0.4 is 16.0 Å². The summed E-state index contributed by atoms with van der Waals surface area (Å²) in [5.74, 6) is -0.0764. The van der Waals surface area contributed by atoms with Gasteiger partial charge in [0.1, 0.15) is 5.82 Å². The van der Waals surface area contributed by atoms with Crippen molar-refractivity contribution in [2.45, 2.75) is 0 Å². The molecule has 19 heavy (non-hydrogen) atoms. The third-order valence-corrected chi connectivity index (χ3v) is 2.18. The topological polar surface area (TPSA) is 65.5 Å². The molecule has 102 valence electrons. The van der Waals surface area contributed by atoms with Crippen molar-refractivity contribution in [1.82, 2.24) is 10.6 Å². The fraction of sp³-hybridized carbons (Fsp3) is 0.231. The van der Waals surface area contributed by atoms with E-state index in [0.717, 1.165) is 0 Å². The van der Waals surface area contributed by atoms with Gasteiger partial charge in [0.05, 0.1) is 6.54 Å². The third-order valence-electron chi connectivity index (χ3n) is 2.18. The largest absolute Gasteiger partial charge is 0.353 e. The fourth-order valence-corrected chi connectivity index (χ4v) is 1.29. The average molecular weight is 264 g/mol. The maximum absolute atomic E-state index is 12.7. The second-order valence-corrected chi connectivity index (χ2v) is 3.65. The van der Waals surface area contributed by atoms with Crippen molar-refractivity contribution in [1.29, 1.82) is 0 Å². The molecule has 0 radical (unpaired) electrons. The maximum Gasteiger partial charge on any atom is 0.243 e. The lowest BCUT2D eigenvalue weighted by Gasteiger charge is -2.10. The van der Waals surface area contributed by atoms with E-state index in [2.05, 4.69) is 27.5 Å². The zero-order valence-corrected chi connectivity index (χ0v) is 10.7. The van der Waals surface area contributed by atoms with Crippen LogP contribution in [0.25, 0.3) is 0 Å². The Labute approximate surface area is 111 Å². The molecule has 0 saturated carbocycles. The standard InChI is InChI=1S/C13H17FN4O/c1-3-8-16-13(15-2)17-9-12(19)18-11-6-4-10(14)5-7-11/h3-7H,1,8-9H2,2H3,(H,18,19)(H2,15,16,17). The first kappa shape index (κ1) is 14.7. The van der Waals surface area contributed by atoms with Gasteiger partial charge in [-0.3, -0.25) is 9.79 Å². The Balaban J connectivity index is 2.38. The van der Waals surface area contributed by atoms with Crippen molar-refractivity contribution >= 4 is 17.6 Å². The van der Waals surface area contributed by atoms with Crippen LogP contribution in [0.5, 0.6) is 0 Å². The van der Waals surface area contributed by atoms with Gasteiger partial charge < -0.3 is 16.0 Å². The molecule has 0 fully saturated rings. The smallest absolute Gasteiger partial charge is 0.243 e. The molecule has 1 aromatic carbocycles. The van der Waals surface area contributed by atoms with Crippen LogP contribution in [0, 0.1) is 5.82 Å². The second-order valence-electron chi connectivity index (χ2n) is 3.65. The highest BCUT2D eigenvalue weighted by molar-refractivity contribution is 5.94. The molecule has 5 nitrogen and oxygen atoms in total. The molecule has 0 unspecified atom stereocenters. The molecule has 1 aromatic rings. The minimum absolute atomic E-state index is 0.0637. The van der Waals surface area contributed by atoms with Crippen LogP contribution in [0.4, 0.5) is 10.1 Å². The van der Waals surface area contributed by atoms with E-state index >= 15 is 0 Å². The Hall–Kier alpha value is -2.37. The van der Waals surface area contributed by atoms with Crippen LogP contribution in [0.2, 0.25) is 0 Å². The van der Waals surface area contributed by atoms with Crippen LogP contribution in [-0.4, -0.2) is 32.0 Å². The van der Waals surface area contributed by atoms with Gasteiger partial charge in [-0.2, -0.15) is 0 Å². The van der Waals surface area contributed by atoms with E-state index in [0.29, 0.717) is 18.2 Å². The molecule has 0 aliphatic heterocycles. The van der Waals surface area contributed by atoms with Crippen molar-refractivity contribution in [3.05, 3.63) is 42.7 Å². The first-order valence-corrected chi connectivity index (χ1v) is 5.76. The van der Waals surface area contributed by atoms with Crippen molar-refractivity contribution in [3.8, 4) is 0 Å². The Morgan fingerprint density at radius 1 is 1.37 bits per heavy atom. The molecule has 1 rings (SSSR count). The molecule has 0 heterocycles. The van der Waals surface area contributed by atoms with Gasteiger partial charge in [-0.15, -0.1) is 6.58 Å². The molecular weight excluding hydrogens is 247 g/mol. The summed E-state index contributed by atoms with van der Waals surface area (Å²) >= 11 is 0. The van der Waals surface area contributed by atoms with Crippen LogP contribution in [-0.2, 0) is 4.79 Å². The quantitative estimate of drug-likeness (QED) is 0.424. The summed E-state index contributed by atoms with van der Waals surface area (Å²) in [6, 6.07) is 5.57. The second kappa shape index (κ2) is 7.86. The first-order chi connectivity index (χ1) is 9.15. The van der Waals surface area contributed by atoms with Gasteiger partial charge in [0.15, 0.2) is 5.96 Å². The van der Waals surface area contributed by atoms with Crippen molar-refractivity contribution in [2.24, 2.45) is 4.99 Å². The lowest BCUT2D eigenvalue weighted by Crippen LogP contribution is -2.41. The maximum atomic E-state index is 12.7. The van der Waals surface area contributed by atoms with E-state index < -0.39 is 0 Å². The van der Waals surface area contributed by atoms with Crippen LogP contribution in [0.1, 0.15) is 0 Å². The van der Waals surface area contributed by atoms with Crippen molar-refractivity contribution in [2.75, 3.05) is 25.5 Å². The number of guanidine groups is 1. The Kier molecular flexibility index (Phi) is 6.08. The number of carbonyl (C=O) groups is 1. The minimum atomic E-state index is -0.342. The fourth-order valence-electron chi connectivity index (χ4n) is 1.29. The Bertz CT molecular complexity index is 456. The summed E-state index contributed by atoms with van der Waals surface area (Å²) in [6.45, 7) is 4.19. The number of benzene rings is 1. The molecule has 6 heteroatoms. The van der Waals surface area contributed by atoms with Gasteiger partial charge in [0.25, 0.3) is 0 Å². The predicted octanol–water partition coefficient (Wildman–Crippen LogP) is 1.12. The zero-order chi connectivity index (χ0) is 14.1. The average Bonchev–Trinajstić information content (AvgIpc) is 2.42. The molecule has 0 bridgehead atoms. The molecule has 0 spiro atoms. The summed E-state index contributed by atoms with van der Waals surface area (Å²) in [5.41, 5.74) is 0.544. The van der Waals surface area contributed by atoms with Crippen molar-refractivity contribution < 1.29 is 9.18 Å². The number of nitrogens with zero attached hydrogens (tertiary/aromatic N) is 1. The number of nitrogens with one attached hydrogen (secondary N) is 3. The first-order valence-electron chi connectivity index (χ1n) is 5.76. The highest BCUT2D eigenvalue weighted by Crippen LogP contribution is 2.07. The van der Waals surface area contributed by atoms with E-state index in [1.807, 2.05) is 0 Å². The van der Waals surface area contributed by atoms with Gasteiger partial charge in [-0.25, -0.2) is 4.39 Å². The molecule has 0 aliphatic carbocycles. The van der Waals surface area contributed by atoms with Gasteiger partial charge in [-0.1, -0.05) is 6.08 Å². The zero-order valence-electron chi connectivity index (χ0n) is 10.7. The molecule has 0 aromatic heterocycles. The summed E-state index contributed by atoms with van der Waals surface area (Å²) in [7, 11) is 1.61. The van der Waals surface area contributed by atoms with E-state index in [1.54, 1.807) is 13.1 Å².